The predicted octanol–water partition coefficient (Wildman–Crippen LogP) is 4.42. The van der Waals surface area contributed by atoms with Gasteiger partial charge in [-0.3, -0.25) is 14.5 Å². The fourth-order valence-corrected chi connectivity index (χ4v) is 4.13. The third kappa shape index (κ3) is 6.75. The first-order valence-corrected chi connectivity index (χ1v) is 10.9. The number of carbonyl (C=O) groups is 2. The lowest BCUT2D eigenvalue weighted by molar-refractivity contribution is -0.140. The number of hydrogen-bond donors (Lipinski definition) is 0. The SMILES string of the molecule is CCOc1ccc(/C=C2\SC(=S)N(CCCCCC(=O)OC)C2=O)cc1OCC. The summed E-state index contributed by atoms with van der Waals surface area (Å²) in [6.07, 6.45) is 4.59. The maximum atomic E-state index is 12.7. The van der Waals surface area contributed by atoms with Crippen molar-refractivity contribution in [3.8, 4) is 11.5 Å². The molecule has 0 spiro atoms. The van der Waals surface area contributed by atoms with Gasteiger partial charge in [0.15, 0.2) is 11.5 Å². The summed E-state index contributed by atoms with van der Waals surface area (Å²) in [6, 6.07) is 5.61. The van der Waals surface area contributed by atoms with Crippen LogP contribution in [0.4, 0.5) is 0 Å². The van der Waals surface area contributed by atoms with Crippen molar-refractivity contribution in [1.29, 1.82) is 0 Å². The molecular formula is C21H27NO5S2. The molecule has 29 heavy (non-hydrogen) atoms. The summed E-state index contributed by atoms with van der Waals surface area (Å²) < 4.78 is 16.4. The lowest BCUT2D eigenvalue weighted by atomic mass is 10.1. The van der Waals surface area contributed by atoms with Crippen LogP contribution in [0.25, 0.3) is 6.08 Å². The molecule has 0 saturated carbocycles. The molecule has 1 aromatic rings. The van der Waals surface area contributed by atoms with E-state index in [4.69, 9.17) is 21.7 Å². The Labute approximate surface area is 181 Å². The summed E-state index contributed by atoms with van der Waals surface area (Å²) in [6.45, 7) is 5.47. The molecule has 8 heteroatoms. The van der Waals surface area contributed by atoms with Gasteiger partial charge in [-0.1, -0.05) is 36.5 Å². The fraction of sp³-hybridized carbons (Fsp3) is 0.476. The number of nitrogens with zero attached hydrogens (tertiary/aromatic N) is 1. The van der Waals surface area contributed by atoms with Crippen LogP contribution in [0.3, 0.4) is 0 Å². The number of esters is 1. The molecule has 1 heterocycles. The van der Waals surface area contributed by atoms with E-state index in [2.05, 4.69) is 4.74 Å². The lowest BCUT2D eigenvalue weighted by Crippen LogP contribution is -2.29. The molecular weight excluding hydrogens is 410 g/mol. The Hall–Kier alpha value is -2.06. The van der Waals surface area contributed by atoms with Gasteiger partial charge in [-0.25, -0.2) is 0 Å². The Morgan fingerprint density at radius 3 is 2.55 bits per heavy atom. The van der Waals surface area contributed by atoms with Crippen molar-refractivity contribution in [3.05, 3.63) is 28.7 Å². The second-order valence-electron chi connectivity index (χ2n) is 6.29. The molecule has 158 valence electrons. The van der Waals surface area contributed by atoms with Gasteiger partial charge in [0.25, 0.3) is 5.91 Å². The van der Waals surface area contributed by atoms with Gasteiger partial charge in [0.2, 0.25) is 0 Å². The number of benzene rings is 1. The highest BCUT2D eigenvalue weighted by atomic mass is 32.2. The third-order valence-corrected chi connectivity index (χ3v) is 5.61. The number of methoxy groups -OCH3 is 1. The summed E-state index contributed by atoms with van der Waals surface area (Å²) in [4.78, 5) is 26.1. The molecule has 1 aromatic carbocycles. The summed E-state index contributed by atoms with van der Waals surface area (Å²) >= 11 is 6.69. The Kier molecular flexibility index (Phi) is 9.47. The maximum Gasteiger partial charge on any atom is 0.305 e. The molecule has 0 bridgehead atoms. The normalized spacial score (nSPS) is 15.1. The lowest BCUT2D eigenvalue weighted by Gasteiger charge is -2.14. The molecule has 0 unspecified atom stereocenters. The average molecular weight is 438 g/mol. The van der Waals surface area contributed by atoms with E-state index in [0.29, 0.717) is 46.9 Å². The largest absolute Gasteiger partial charge is 0.490 e. The molecule has 1 amide bonds. The van der Waals surface area contributed by atoms with Crippen LogP contribution in [0.2, 0.25) is 0 Å². The van der Waals surface area contributed by atoms with E-state index in [1.54, 1.807) is 4.90 Å². The Morgan fingerprint density at radius 2 is 1.86 bits per heavy atom. The highest BCUT2D eigenvalue weighted by Gasteiger charge is 2.31. The third-order valence-electron chi connectivity index (χ3n) is 4.23. The second-order valence-corrected chi connectivity index (χ2v) is 7.97. The topological polar surface area (TPSA) is 65.1 Å². The molecule has 0 atom stereocenters. The number of rotatable bonds is 11. The van der Waals surface area contributed by atoms with Crippen molar-refractivity contribution in [3.63, 3.8) is 0 Å². The predicted molar refractivity (Wildman–Crippen MR) is 119 cm³/mol. The van der Waals surface area contributed by atoms with Gasteiger partial charge in [-0.2, -0.15) is 0 Å². The van der Waals surface area contributed by atoms with Crippen molar-refractivity contribution in [1.82, 2.24) is 4.90 Å². The van der Waals surface area contributed by atoms with Gasteiger partial charge in [0, 0.05) is 13.0 Å². The first kappa shape index (κ1) is 23.2. The molecule has 0 radical (unpaired) electrons. The summed E-state index contributed by atoms with van der Waals surface area (Å²) in [7, 11) is 1.39. The van der Waals surface area contributed by atoms with Gasteiger partial charge in [0.1, 0.15) is 4.32 Å². The van der Waals surface area contributed by atoms with E-state index in [9.17, 15) is 9.59 Å². The molecule has 0 aromatic heterocycles. The van der Waals surface area contributed by atoms with Crippen molar-refractivity contribution >= 4 is 46.3 Å². The van der Waals surface area contributed by atoms with Gasteiger partial charge >= 0.3 is 5.97 Å². The van der Waals surface area contributed by atoms with Crippen molar-refractivity contribution in [2.75, 3.05) is 26.9 Å². The number of hydrogen-bond acceptors (Lipinski definition) is 7. The number of carbonyl (C=O) groups excluding carboxylic acids is 2. The standard InChI is InChI=1S/C21H27NO5S2/c1-4-26-16-11-10-15(13-17(16)27-5-2)14-18-20(24)22(21(28)29-18)12-8-6-7-9-19(23)25-3/h10-11,13-14H,4-9,12H2,1-3H3/b18-14-. The van der Waals surface area contributed by atoms with Gasteiger partial charge in [-0.05, 0) is 50.5 Å². The summed E-state index contributed by atoms with van der Waals surface area (Å²) in [5.74, 6) is 1.05. The Bertz CT molecular complexity index is 778. The molecule has 0 N–H and O–H groups in total. The highest BCUT2D eigenvalue weighted by molar-refractivity contribution is 8.26. The average Bonchev–Trinajstić information content (AvgIpc) is 2.97. The first-order chi connectivity index (χ1) is 14.0. The maximum absolute atomic E-state index is 12.7. The highest BCUT2D eigenvalue weighted by Crippen LogP contribution is 2.35. The van der Waals surface area contributed by atoms with Crippen LogP contribution in [0.5, 0.6) is 11.5 Å². The number of unbranched alkanes of at least 4 members (excludes halogenated alkanes) is 2. The van der Waals surface area contributed by atoms with Gasteiger partial charge in [0.05, 0.1) is 25.2 Å². The smallest absolute Gasteiger partial charge is 0.305 e. The number of thioether (sulfide) groups is 1. The summed E-state index contributed by atoms with van der Waals surface area (Å²) in [5.41, 5.74) is 0.857. The van der Waals surface area contributed by atoms with E-state index >= 15 is 0 Å². The minimum atomic E-state index is -0.208. The van der Waals surface area contributed by atoms with Crippen LogP contribution < -0.4 is 9.47 Å². The molecule has 2 rings (SSSR count). The number of ether oxygens (including phenoxy) is 3. The van der Waals surface area contributed by atoms with E-state index in [1.807, 2.05) is 38.1 Å². The zero-order valence-electron chi connectivity index (χ0n) is 17.1. The Morgan fingerprint density at radius 1 is 1.14 bits per heavy atom. The van der Waals surface area contributed by atoms with E-state index in [0.717, 1.165) is 24.8 Å². The molecule has 1 aliphatic heterocycles. The quantitative estimate of drug-likeness (QED) is 0.220. The van der Waals surface area contributed by atoms with Crippen LogP contribution in [0.15, 0.2) is 23.1 Å². The molecule has 6 nitrogen and oxygen atoms in total. The van der Waals surface area contributed by atoms with Crippen LogP contribution in [-0.2, 0) is 14.3 Å². The van der Waals surface area contributed by atoms with Crippen molar-refractivity contribution in [2.24, 2.45) is 0 Å². The second kappa shape index (κ2) is 11.8. The zero-order chi connectivity index (χ0) is 21.2. The van der Waals surface area contributed by atoms with E-state index in [1.165, 1.54) is 18.9 Å². The number of amides is 1. The molecule has 0 aliphatic carbocycles. The van der Waals surface area contributed by atoms with E-state index < -0.39 is 0 Å². The van der Waals surface area contributed by atoms with Crippen molar-refractivity contribution < 1.29 is 23.8 Å². The monoisotopic (exact) mass is 437 g/mol. The minimum absolute atomic E-state index is 0.0835. The van der Waals surface area contributed by atoms with Crippen LogP contribution in [0.1, 0.15) is 45.1 Å². The van der Waals surface area contributed by atoms with Crippen molar-refractivity contribution in [2.45, 2.75) is 39.5 Å². The fourth-order valence-electron chi connectivity index (χ4n) is 2.82. The zero-order valence-corrected chi connectivity index (χ0v) is 18.7. The van der Waals surface area contributed by atoms with Crippen LogP contribution in [-0.4, -0.2) is 48.0 Å². The first-order valence-electron chi connectivity index (χ1n) is 9.72. The number of thiocarbonyl (C=S) groups is 1. The van der Waals surface area contributed by atoms with Crippen LogP contribution in [0, 0.1) is 0 Å². The Balaban J connectivity index is 2.00. The van der Waals surface area contributed by atoms with Gasteiger partial charge in [-0.15, -0.1) is 0 Å². The minimum Gasteiger partial charge on any atom is -0.490 e. The summed E-state index contributed by atoms with van der Waals surface area (Å²) in [5, 5.41) is 0. The van der Waals surface area contributed by atoms with E-state index in [-0.39, 0.29) is 11.9 Å². The van der Waals surface area contributed by atoms with Crippen LogP contribution >= 0.6 is 24.0 Å². The molecule has 1 aliphatic rings. The molecule has 1 saturated heterocycles. The van der Waals surface area contributed by atoms with Gasteiger partial charge < -0.3 is 14.2 Å². The molecule has 1 fully saturated rings.